The molecule has 0 heterocycles. The Morgan fingerprint density at radius 2 is 1.80 bits per heavy atom. The van der Waals surface area contributed by atoms with Gasteiger partial charge in [-0.3, -0.25) is 8.94 Å². The molecule has 0 aliphatic carbocycles. The van der Waals surface area contributed by atoms with Gasteiger partial charge in [0.25, 0.3) is 10.1 Å². The molecule has 0 amide bonds. The molecule has 0 aromatic rings. The van der Waals surface area contributed by atoms with Crippen LogP contribution < -0.4 is 0 Å². The van der Waals surface area contributed by atoms with Gasteiger partial charge in [-0.25, -0.2) is 0 Å². The van der Waals surface area contributed by atoms with Crippen molar-refractivity contribution >= 4 is 61.5 Å². The normalized spacial score (nSPS) is 10.6. The predicted octanol–water partition coefficient (Wildman–Crippen LogP) is -0.0246. The second-order valence-electron chi connectivity index (χ2n) is 1.68. The van der Waals surface area contributed by atoms with Crippen LogP contribution in [0.1, 0.15) is 12.8 Å². The first-order valence-corrected chi connectivity index (χ1v) is 4.18. The predicted molar refractivity (Wildman–Crippen MR) is 38.8 cm³/mol. The van der Waals surface area contributed by atoms with Gasteiger partial charge in [-0.05, 0) is 12.8 Å². The van der Waals surface area contributed by atoms with Crippen LogP contribution in [-0.4, -0.2) is 76.8 Å². The number of hydrogen-bond acceptors (Lipinski definition) is 2. The van der Waals surface area contributed by atoms with E-state index in [2.05, 4.69) is 0 Å². The van der Waals surface area contributed by atoms with Crippen molar-refractivity contribution in [2.75, 3.05) is 12.4 Å². The van der Waals surface area contributed by atoms with E-state index in [0.717, 1.165) is 0 Å². The van der Waals surface area contributed by atoms with Crippen molar-refractivity contribution in [3.05, 3.63) is 0 Å². The summed E-state index contributed by atoms with van der Waals surface area (Å²) in [5.41, 5.74) is 0. The monoisotopic (exact) mass is 196 g/mol. The van der Waals surface area contributed by atoms with Gasteiger partial charge in [-0.2, -0.15) is 8.42 Å². The Hall–Kier alpha value is 1.48. The molecule has 6 heteroatoms. The van der Waals surface area contributed by atoms with Crippen LogP contribution in [0.3, 0.4) is 0 Å². The van der Waals surface area contributed by atoms with Crippen molar-refractivity contribution in [3.8, 4) is 0 Å². The van der Waals surface area contributed by atoms with Crippen LogP contribution in [0.15, 0.2) is 0 Å². The molecule has 0 saturated carbocycles. The second kappa shape index (κ2) is 7.14. The molecule has 1 N–H and O–H groups in total. The Bertz CT molecular complexity index is 156. The molecule has 0 spiro atoms. The van der Waals surface area contributed by atoms with Crippen molar-refractivity contribution in [1.29, 1.82) is 0 Å². The van der Waals surface area contributed by atoms with Gasteiger partial charge in [0.05, 0.1) is 12.4 Å². The zero-order valence-electron chi connectivity index (χ0n) is 4.88. The third-order valence-corrected chi connectivity index (χ3v) is 1.59. The van der Waals surface area contributed by atoms with Crippen LogP contribution in [0.5, 0.6) is 0 Å². The van der Waals surface area contributed by atoms with Crippen LogP contribution in [0.4, 0.5) is 4.39 Å². The second-order valence-corrected chi connectivity index (χ2v) is 3.25. The first-order valence-electron chi connectivity index (χ1n) is 2.57. The van der Waals surface area contributed by atoms with E-state index in [-0.39, 0.29) is 70.0 Å². The maximum absolute atomic E-state index is 11.3. The molecule has 3 nitrogen and oxygen atoms in total. The Balaban J connectivity index is 0. The van der Waals surface area contributed by atoms with Crippen LogP contribution in [-0.2, 0) is 10.1 Å². The molecule has 0 saturated heterocycles. The summed E-state index contributed by atoms with van der Waals surface area (Å²) >= 11 is 0. The summed E-state index contributed by atoms with van der Waals surface area (Å²) in [5, 5.41) is 0. The van der Waals surface area contributed by atoms with Gasteiger partial charge in [0.15, 0.2) is 0 Å². The van der Waals surface area contributed by atoms with Crippen LogP contribution >= 0.6 is 0 Å². The van der Waals surface area contributed by atoms with E-state index in [1.54, 1.807) is 0 Å². The van der Waals surface area contributed by atoms with Crippen molar-refractivity contribution in [1.82, 2.24) is 0 Å². The molecule has 0 unspecified atom stereocenters. The van der Waals surface area contributed by atoms with Crippen molar-refractivity contribution < 1.29 is 17.4 Å². The van der Waals surface area contributed by atoms with E-state index in [9.17, 15) is 12.8 Å². The Labute approximate surface area is 103 Å². The minimum absolute atomic E-state index is 0. The SMILES string of the molecule is O=S(=O)(O)CCCCF.[KH]. The molecule has 0 fully saturated rings. The molecule has 0 aromatic carbocycles. The Morgan fingerprint density at radius 1 is 1.30 bits per heavy atom. The fraction of sp³-hybridized carbons (Fsp3) is 1.00. The standard InChI is InChI=1S/C4H9FO3S.K.H/c5-3-1-2-4-9(6,7)8;;/h1-4H2,(H,6,7,8);;. The molecule has 0 aliphatic heterocycles. The maximum atomic E-state index is 11.3. The van der Waals surface area contributed by atoms with Gasteiger partial charge in [0.1, 0.15) is 0 Å². The number of hydrogen-bond donors (Lipinski definition) is 1. The molecule has 0 atom stereocenters. The van der Waals surface area contributed by atoms with E-state index < -0.39 is 16.8 Å². The third kappa shape index (κ3) is 12.2. The average molecular weight is 196 g/mol. The minimum atomic E-state index is -3.86. The Kier molecular flexibility index (Phi) is 10.0. The van der Waals surface area contributed by atoms with Crippen molar-refractivity contribution in [2.45, 2.75) is 12.8 Å². The zero-order valence-corrected chi connectivity index (χ0v) is 5.69. The molecule has 0 rings (SSSR count). The van der Waals surface area contributed by atoms with Crippen LogP contribution in [0, 0.1) is 0 Å². The van der Waals surface area contributed by atoms with E-state index in [1.807, 2.05) is 0 Å². The molecule has 0 radical (unpaired) electrons. The summed E-state index contributed by atoms with van der Waals surface area (Å²) < 4.78 is 39.3. The van der Waals surface area contributed by atoms with Gasteiger partial charge >= 0.3 is 51.4 Å². The summed E-state index contributed by atoms with van der Waals surface area (Å²) in [7, 11) is -3.86. The fourth-order valence-electron chi connectivity index (χ4n) is 0.379. The van der Waals surface area contributed by atoms with Crippen molar-refractivity contribution in [2.24, 2.45) is 0 Å². The molecule has 0 aliphatic rings. The third-order valence-electron chi connectivity index (χ3n) is 0.786. The fourth-order valence-corrected chi connectivity index (χ4v) is 0.948. The topological polar surface area (TPSA) is 54.4 Å². The molecule has 0 aromatic heterocycles. The number of alkyl halides is 1. The van der Waals surface area contributed by atoms with Gasteiger partial charge in [-0.1, -0.05) is 0 Å². The number of unbranched alkanes of at least 4 members (excludes halogenated alkanes) is 1. The van der Waals surface area contributed by atoms with E-state index in [4.69, 9.17) is 4.55 Å². The molecular weight excluding hydrogens is 186 g/mol. The molecular formula is C4H10FKO3S. The van der Waals surface area contributed by atoms with E-state index in [0.29, 0.717) is 0 Å². The van der Waals surface area contributed by atoms with Gasteiger partial charge in [0, 0.05) is 0 Å². The number of rotatable bonds is 4. The zero-order chi connectivity index (χ0) is 7.33. The van der Waals surface area contributed by atoms with E-state index >= 15 is 0 Å². The Morgan fingerprint density at radius 3 is 2.10 bits per heavy atom. The summed E-state index contributed by atoms with van der Waals surface area (Å²) in [6, 6.07) is 0. The summed E-state index contributed by atoms with van der Waals surface area (Å²) in [5.74, 6) is -0.336. The first-order chi connectivity index (χ1) is 4.06. The summed E-state index contributed by atoms with van der Waals surface area (Å²) in [6.07, 6.45) is 0.384. The quantitative estimate of drug-likeness (QED) is 0.390. The van der Waals surface area contributed by atoms with Crippen LogP contribution in [0.2, 0.25) is 0 Å². The molecule has 58 valence electrons. The molecule has 10 heavy (non-hydrogen) atoms. The van der Waals surface area contributed by atoms with E-state index in [1.165, 1.54) is 0 Å². The summed E-state index contributed by atoms with van der Waals surface area (Å²) in [6.45, 7) is -0.532. The summed E-state index contributed by atoms with van der Waals surface area (Å²) in [4.78, 5) is 0. The average Bonchev–Trinajstić information content (AvgIpc) is 1.63. The van der Waals surface area contributed by atoms with Gasteiger partial charge in [0.2, 0.25) is 0 Å². The van der Waals surface area contributed by atoms with Gasteiger partial charge in [-0.15, -0.1) is 0 Å². The van der Waals surface area contributed by atoms with Crippen LogP contribution in [0.25, 0.3) is 0 Å². The van der Waals surface area contributed by atoms with Gasteiger partial charge < -0.3 is 0 Å². The molecule has 0 bridgehead atoms. The van der Waals surface area contributed by atoms with Crippen molar-refractivity contribution in [3.63, 3.8) is 0 Å². The number of halogens is 1. The first kappa shape index (κ1) is 14.0.